The molecular formula is C16H21N3O2. The Balaban J connectivity index is 1.61. The molecule has 1 aromatic carbocycles. The summed E-state index contributed by atoms with van der Waals surface area (Å²) in [6.45, 7) is 2.24. The second kappa shape index (κ2) is 5.92. The fourth-order valence-electron chi connectivity index (χ4n) is 3.27. The van der Waals surface area contributed by atoms with Crippen LogP contribution in [0.2, 0.25) is 0 Å². The van der Waals surface area contributed by atoms with Crippen LogP contribution in [-0.4, -0.2) is 25.5 Å². The number of hydrogen-bond acceptors (Lipinski definition) is 5. The van der Waals surface area contributed by atoms with E-state index in [2.05, 4.69) is 11.4 Å². The second-order valence-corrected chi connectivity index (χ2v) is 5.86. The standard InChI is InChI=1S/C16H21N3O2/c17-10-12-3-4-14(18)15(8-12)19-11-13-2-1-5-16(9-13)20-6-7-21-16/h3-4,8,13,19H,1-2,5-7,9,11,18H2/t13-/m0/s1. The first-order valence-electron chi connectivity index (χ1n) is 7.52. The lowest BCUT2D eigenvalue weighted by molar-refractivity contribution is -0.185. The molecule has 0 radical (unpaired) electrons. The van der Waals surface area contributed by atoms with Gasteiger partial charge >= 0.3 is 0 Å². The Morgan fingerprint density at radius 1 is 1.38 bits per heavy atom. The molecule has 5 nitrogen and oxygen atoms in total. The summed E-state index contributed by atoms with van der Waals surface area (Å²) >= 11 is 0. The number of nitrogens with two attached hydrogens (primary N) is 1. The van der Waals surface area contributed by atoms with Crippen LogP contribution < -0.4 is 11.1 Å². The maximum Gasteiger partial charge on any atom is 0.168 e. The molecule has 21 heavy (non-hydrogen) atoms. The van der Waals surface area contributed by atoms with Gasteiger partial charge in [0.05, 0.1) is 36.2 Å². The minimum Gasteiger partial charge on any atom is -0.397 e. The third-order valence-corrected chi connectivity index (χ3v) is 4.35. The molecule has 1 spiro atoms. The van der Waals surface area contributed by atoms with Crippen molar-refractivity contribution in [1.82, 2.24) is 0 Å². The van der Waals surface area contributed by atoms with Crippen LogP contribution in [0.15, 0.2) is 18.2 Å². The Labute approximate surface area is 125 Å². The molecular weight excluding hydrogens is 266 g/mol. The molecule has 0 amide bonds. The number of benzene rings is 1. The van der Waals surface area contributed by atoms with Gasteiger partial charge in [-0.3, -0.25) is 0 Å². The van der Waals surface area contributed by atoms with Crippen molar-refractivity contribution in [2.75, 3.05) is 30.8 Å². The van der Waals surface area contributed by atoms with Crippen LogP contribution in [0.1, 0.15) is 31.2 Å². The molecule has 0 aromatic heterocycles. The first-order valence-corrected chi connectivity index (χ1v) is 7.52. The van der Waals surface area contributed by atoms with Crippen LogP contribution in [0.3, 0.4) is 0 Å². The van der Waals surface area contributed by atoms with Crippen LogP contribution in [0.4, 0.5) is 11.4 Å². The van der Waals surface area contributed by atoms with Crippen molar-refractivity contribution in [2.24, 2.45) is 5.92 Å². The van der Waals surface area contributed by atoms with Crippen LogP contribution in [-0.2, 0) is 9.47 Å². The molecule has 1 saturated heterocycles. The van der Waals surface area contributed by atoms with Gasteiger partial charge in [-0.05, 0) is 37.0 Å². The number of nitrogens with zero attached hydrogens (tertiary/aromatic N) is 1. The van der Waals surface area contributed by atoms with Crippen molar-refractivity contribution in [3.8, 4) is 6.07 Å². The Bertz CT molecular complexity index is 547. The number of hydrogen-bond donors (Lipinski definition) is 2. The molecule has 1 atom stereocenters. The Morgan fingerprint density at radius 3 is 2.95 bits per heavy atom. The molecule has 1 aliphatic carbocycles. The largest absolute Gasteiger partial charge is 0.397 e. The summed E-state index contributed by atoms with van der Waals surface area (Å²) in [6, 6.07) is 7.44. The number of nitrogen functional groups attached to an aromatic ring is 1. The van der Waals surface area contributed by atoms with Gasteiger partial charge in [0, 0.05) is 19.4 Å². The lowest BCUT2D eigenvalue weighted by atomic mass is 9.84. The maximum atomic E-state index is 8.96. The number of ether oxygens (including phenoxy) is 2. The first-order chi connectivity index (χ1) is 10.2. The number of rotatable bonds is 3. The van der Waals surface area contributed by atoms with Gasteiger partial charge in [-0.2, -0.15) is 5.26 Å². The highest BCUT2D eigenvalue weighted by Gasteiger charge is 2.41. The fourth-order valence-corrected chi connectivity index (χ4v) is 3.27. The van der Waals surface area contributed by atoms with Crippen molar-refractivity contribution >= 4 is 11.4 Å². The van der Waals surface area contributed by atoms with E-state index in [-0.39, 0.29) is 5.79 Å². The lowest BCUT2D eigenvalue weighted by Gasteiger charge is -2.36. The van der Waals surface area contributed by atoms with Gasteiger partial charge in [0.25, 0.3) is 0 Å². The van der Waals surface area contributed by atoms with E-state index in [4.69, 9.17) is 20.5 Å². The van der Waals surface area contributed by atoms with Crippen molar-refractivity contribution in [1.29, 1.82) is 5.26 Å². The molecule has 1 aliphatic heterocycles. The van der Waals surface area contributed by atoms with E-state index in [9.17, 15) is 0 Å². The van der Waals surface area contributed by atoms with Crippen LogP contribution in [0, 0.1) is 17.2 Å². The molecule has 2 fully saturated rings. The van der Waals surface area contributed by atoms with Crippen molar-refractivity contribution in [2.45, 2.75) is 31.5 Å². The van der Waals surface area contributed by atoms with Crippen LogP contribution in [0.5, 0.6) is 0 Å². The summed E-state index contributed by atoms with van der Waals surface area (Å²) in [4.78, 5) is 0. The minimum absolute atomic E-state index is 0.343. The average Bonchev–Trinajstić information content (AvgIpc) is 2.94. The smallest absolute Gasteiger partial charge is 0.168 e. The summed E-state index contributed by atoms with van der Waals surface area (Å²) in [5.41, 5.74) is 8.08. The molecule has 0 bridgehead atoms. The summed E-state index contributed by atoms with van der Waals surface area (Å²) in [7, 11) is 0. The predicted octanol–water partition coefficient (Wildman–Crippen LogP) is 2.49. The van der Waals surface area contributed by atoms with Crippen molar-refractivity contribution in [3.05, 3.63) is 23.8 Å². The van der Waals surface area contributed by atoms with Gasteiger partial charge in [0.1, 0.15) is 0 Å². The average molecular weight is 287 g/mol. The number of anilines is 2. The molecule has 1 heterocycles. The Kier molecular flexibility index (Phi) is 4.00. The van der Waals surface area contributed by atoms with Gasteiger partial charge in [-0.15, -0.1) is 0 Å². The molecule has 2 aliphatic rings. The zero-order valence-electron chi connectivity index (χ0n) is 12.1. The van der Waals surface area contributed by atoms with E-state index in [1.165, 1.54) is 6.42 Å². The third-order valence-electron chi connectivity index (χ3n) is 4.35. The zero-order valence-corrected chi connectivity index (χ0v) is 12.1. The van der Waals surface area contributed by atoms with Crippen LogP contribution >= 0.6 is 0 Å². The van der Waals surface area contributed by atoms with E-state index >= 15 is 0 Å². The SMILES string of the molecule is N#Cc1ccc(N)c(NC[C@H]2CCCC3(C2)OCCO3)c1. The van der Waals surface area contributed by atoms with Gasteiger partial charge in [0.15, 0.2) is 5.79 Å². The topological polar surface area (TPSA) is 80.3 Å². The monoisotopic (exact) mass is 287 g/mol. The molecule has 3 N–H and O–H groups in total. The van der Waals surface area contributed by atoms with Gasteiger partial charge in [-0.1, -0.05) is 0 Å². The third kappa shape index (κ3) is 3.12. The molecule has 0 unspecified atom stereocenters. The Hall–Kier alpha value is -1.77. The van der Waals surface area contributed by atoms with E-state index in [1.807, 2.05) is 0 Å². The lowest BCUT2D eigenvalue weighted by Crippen LogP contribution is -2.38. The zero-order chi connectivity index (χ0) is 14.7. The molecule has 3 rings (SSSR count). The summed E-state index contributed by atoms with van der Waals surface area (Å²) in [6.07, 6.45) is 4.22. The quantitative estimate of drug-likeness (QED) is 0.835. The van der Waals surface area contributed by atoms with E-state index in [0.717, 1.165) is 31.5 Å². The molecule has 112 valence electrons. The van der Waals surface area contributed by atoms with Crippen molar-refractivity contribution in [3.63, 3.8) is 0 Å². The highest BCUT2D eigenvalue weighted by atomic mass is 16.7. The van der Waals surface area contributed by atoms with Crippen molar-refractivity contribution < 1.29 is 9.47 Å². The number of nitrogens with one attached hydrogen (secondary N) is 1. The van der Waals surface area contributed by atoms with Gasteiger partial charge in [-0.25, -0.2) is 0 Å². The van der Waals surface area contributed by atoms with E-state index in [1.54, 1.807) is 18.2 Å². The molecule has 5 heteroatoms. The van der Waals surface area contributed by atoms with E-state index < -0.39 is 0 Å². The van der Waals surface area contributed by atoms with E-state index in [0.29, 0.717) is 30.4 Å². The fraction of sp³-hybridized carbons (Fsp3) is 0.562. The highest BCUT2D eigenvalue weighted by molar-refractivity contribution is 5.68. The summed E-state index contributed by atoms with van der Waals surface area (Å²) < 4.78 is 11.6. The van der Waals surface area contributed by atoms with Crippen LogP contribution in [0.25, 0.3) is 0 Å². The number of nitriles is 1. The second-order valence-electron chi connectivity index (χ2n) is 5.86. The normalized spacial score (nSPS) is 23.9. The summed E-state index contributed by atoms with van der Waals surface area (Å²) in [5, 5.41) is 12.3. The maximum absolute atomic E-state index is 8.96. The van der Waals surface area contributed by atoms with Gasteiger partial charge in [0.2, 0.25) is 0 Å². The summed E-state index contributed by atoms with van der Waals surface area (Å²) in [5.74, 6) is 0.159. The molecule has 1 saturated carbocycles. The minimum atomic E-state index is -0.343. The molecule has 1 aromatic rings. The first kappa shape index (κ1) is 14.2. The van der Waals surface area contributed by atoms with Gasteiger partial charge < -0.3 is 20.5 Å². The predicted molar refractivity (Wildman–Crippen MR) is 80.7 cm³/mol. The Morgan fingerprint density at radius 2 is 2.19 bits per heavy atom. The highest BCUT2D eigenvalue weighted by Crippen LogP contribution is 2.38.